The van der Waals surface area contributed by atoms with Crippen LogP contribution in [0.15, 0.2) is 51.8 Å². The first-order valence-electron chi connectivity index (χ1n) is 8.00. The maximum absolute atomic E-state index is 12.8. The Bertz CT molecular complexity index is 994. The van der Waals surface area contributed by atoms with E-state index >= 15 is 0 Å². The minimum Gasteiger partial charge on any atom is -0.493 e. The van der Waals surface area contributed by atoms with Crippen molar-refractivity contribution in [2.24, 2.45) is 0 Å². The van der Waals surface area contributed by atoms with Gasteiger partial charge in [0.2, 0.25) is 0 Å². The summed E-state index contributed by atoms with van der Waals surface area (Å²) in [4.78, 5) is 25.6. The minimum atomic E-state index is -0.441. The summed E-state index contributed by atoms with van der Waals surface area (Å²) in [5.74, 6) is 0.200. The highest BCUT2D eigenvalue weighted by Gasteiger charge is 2.34. The molecule has 0 saturated carbocycles. The van der Waals surface area contributed by atoms with Crippen molar-refractivity contribution >= 4 is 62.1 Å². The first-order chi connectivity index (χ1) is 13.5. The van der Waals surface area contributed by atoms with Crippen molar-refractivity contribution in [2.45, 2.75) is 0 Å². The molecule has 1 aliphatic rings. The Kier molecular flexibility index (Phi) is 6.38. The number of carbonyl (C=O) groups is 2. The smallest absolute Gasteiger partial charge is 0.285 e. The van der Waals surface area contributed by atoms with E-state index in [0.717, 1.165) is 16.8 Å². The minimum absolute atomic E-state index is 0.235. The van der Waals surface area contributed by atoms with Crippen LogP contribution in [-0.2, 0) is 4.79 Å². The number of benzene rings is 2. The number of nitrogens with zero attached hydrogens (tertiary/aromatic N) is 1. The number of hydrogen-bond donors (Lipinski definition) is 1. The zero-order valence-electron chi connectivity index (χ0n) is 14.9. The zero-order valence-corrected chi connectivity index (χ0v) is 18.1. The number of thioether (sulfide) groups is 1. The fourth-order valence-electron chi connectivity index (χ4n) is 2.54. The predicted octanol–water partition coefficient (Wildman–Crippen LogP) is 4.01. The van der Waals surface area contributed by atoms with Gasteiger partial charge in [0.05, 0.1) is 24.7 Å². The van der Waals surface area contributed by atoms with Crippen LogP contribution in [0.3, 0.4) is 0 Å². The highest BCUT2D eigenvalue weighted by atomic mass is 79.9. The van der Waals surface area contributed by atoms with Crippen molar-refractivity contribution in [1.82, 2.24) is 10.4 Å². The number of thiocarbonyl (C=S) groups is 1. The Balaban J connectivity index is 1.85. The number of rotatable bonds is 5. The van der Waals surface area contributed by atoms with Crippen LogP contribution in [0.4, 0.5) is 0 Å². The number of methoxy groups -OCH3 is 2. The van der Waals surface area contributed by atoms with Gasteiger partial charge in [-0.2, -0.15) is 5.01 Å². The van der Waals surface area contributed by atoms with Gasteiger partial charge in [0.1, 0.15) is 0 Å². The van der Waals surface area contributed by atoms with Gasteiger partial charge in [0, 0.05) is 10.0 Å². The van der Waals surface area contributed by atoms with Crippen LogP contribution in [-0.4, -0.2) is 35.4 Å². The van der Waals surface area contributed by atoms with E-state index in [-0.39, 0.29) is 4.32 Å². The fourth-order valence-corrected chi connectivity index (χ4v) is 4.17. The molecular formula is C19H15BrN2O4S2. The molecule has 1 N–H and O–H groups in total. The van der Waals surface area contributed by atoms with Crippen LogP contribution in [0.1, 0.15) is 15.9 Å². The monoisotopic (exact) mass is 478 g/mol. The lowest BCUT2D eigenvalue weighted by Crippen LogP contribution is -2.44. The van der Waals surface area contributed by atoms with E-state index in [2.05, 4.69) is 21.4 Å². The second-order valence-corrected chi connectivity index (χ2v) is 8.05. The van der Waals surface area contributed by atoms with Crippen LogP contribution in [0.2, 0.25) is 0 Å². The first kappa shape index (κ1) is 20.4. The summed E-state index contributed by atoms with van der Waals surface area (Å²) in [6, 6.07) is 12.3. The molecule has 6 nitrogen and oxygen atoms in total. The predicted molar refractivity (Wildman–Crippen MR) is 116 cm³/mol. The summed E-state index contributed by atoms with van der Waals surface area (Å²) in [7, 11) is 3.07. The van der Waals surface area contributed by atoms with Crippen molar-refractivity contribution in [3.8, 4) is 11.5 Å². The third-order valence-corrected chi connectivity index (χ3v) is 5.84. The molecule has 2 aromatic rings. The van der Waals surface area contributed by atoms with E-state index in [9.17, 15) is 9.59 Å². The molecule has 28 heavy (non-hydrogen) atoms. The molecule has 9 heteroatoms. The summed E-state index contributed by atoms with van der Waals surface area (Å²) in [5, 5.41) is 1.07. The van der Waals surface area contributed by atoms with Crippen LogP contribution in [0.25, 0.3) is 6.08 Å². The van der Waals surface area contributed by atoms with Gasteiger partial charge in [-0.05, 0) is 52.4 Å². The molecule has 0 unspecified atom stereocenters. The largest absolute Gasteiger partial charge is 0.493 e. The Morgan fingerprint density at radius 2 is 1.93 bits per heavy atom. The van der Waals surface area contributed by atoms with Crippen LogP contribution in [0, 0.1) is 0 Å². The topological polar surface area (TPSA) is 67.9 Å². The molecule has 0 aliphatic carbocycles. The summed E-state index contributed by atoms with van der Waals surface area (Å²) >= 11 is 9.69. The van der Waals surface area contributed by atoms with Crippen molar-refractivity contribution in [2.75, 3.05) is 14.2 Å². The average Bonchev–Trinajstić information content (AvgIpc) is 2.95. The number of nitrogens with one attached hydrogen (secondary N) is 1. The Labute approximate surface area is 180 Å². The molecule has 0 bridgehead atoms. The third kappa shape index (κ3) is 4.06. The molecule has 144 valence electrons. The Morgan fingerprint density at radius 1 is 1.18 bits per heavy atom. The normalized spacial score (nSPS) is 15.1. The van der Waals surface area contributed by atoms with Crippen LogP contribution in [0.5, 0.6) is 11.5 Å². The third-order valence-electron chi connectivity index (χ3n) is 3.85. The van der Waals surface area contributed by atoms with E-state index < -0.39 is 11.8 Å². The maximum atomic E-state index is 12.8. The van der Waals surface area contributed by atoms with Gasteiger partial charge in [-0.15, -0.1) is 0 Å². The van der Waals surface area contributed by atoms with Gasteiger partial charge >= 0.3 is 0 Å². The highest BCUT2D eigenvalue weighted by molar-refractivity contribution is 9.10. The molecule has 1 heterocycles. The van der Waals surface area contributed by atoms with E-state index in [1.807, 2.05) is 0 Å². The van der Waals surface area contributed by atoms with Crippen LogP contribution < -0.4 is 14.9 Å². The first-order valence-corrected chi connectivity index (χ1v) is 10.0. The van der Waals surface area contributed by atoms with E-state index in [1.54, 1.807) is 55.7 Å². The van der Waals surface area contributed by atoms with Gasteiger partial charge < -0.3 is 9.47 Å². The summed E-state index contributed by atoms with van der Waals surface area (Å²) < 4.78 is 11.5. The molecule has 0 aromatic heterocycles. The second kappa shape index (κ2) is 8.76. The molecule has 3 rings (SSSR count). The van der Waals surface area contributed by atoms with Gasteiger partial charge in [0.25, 0.3) is 11.8 Å². The molecule has 2 aromatic carbocycles. The molecule has 0 radical (unpaired) electrons. The average molecular weight is 479 g/mol. The number of halogens is 1. The number of para-hydroxylation sites is 1. The number of amides is 2. The Hall–Kier alpha value is -2.36. The summed E-state index contributed by atoms with van der Waals surface area (Å²) in [6.45, 7) is 0. The Morgan fingerprint density at radius 3 is 2.61 bits per heavy atom. The summed E-state index contributed by atoms with van der Waals surface area (Å²) in [6.07, 6.45) is 1.66. The number of carbonyl (C=O) groups excluding carboxylic acids is 2. The van der Waals surface area contributed by atoms with Crippen molar-refractivity contribution in [1.29, 1.82) is 0 Å². The fraction of sp³-hybridized carbons (Fsp3) is 0.105. The molecule has 1 aliphatic heterocycles. The van der Waals surface area contributed by atoms with Gasteiger partial charge in [0.15, 0.2) is 15.8 Å². The van der Waals surface area contributed by atoms with E-state index in [1.165, 1.54) is 7.11 Å². The van der Waals surface area contributed by atoms with Gasteiger partial charge in [-0.3, -0.25) is 15.0 Å². The summed E-state index contributed by atoms with van der Waals surface area (Å²) in [5.41, 5.74) is 3.62. The number of hydrogen-bond acceptors (Lipinski definition) is 6. The number of ether oxygens (including phenoxy) is 2. The van der Waals surface area contributed by atoms with Gasteiger partial charge in [-0.1, -0.05) is 36.0 Å². The van der Waals surface area contributed by atoms with E-state index in [4.69, 9.17) is 21.7 Å². The SMILES string of the molecule is COc1cccc(/C=C2/SC(=S)N(NC(=O)c3ccccc3Br)C2=O)c1OC. The molecule has 1 fully saturated rings. The van der Waals surface area contributed by atoms with Crippen molar-refractivity contribution < 1.29 is 19.1 Å². The quantitative estimate of drug-likeness (QED) is 0.517. The molecule has 2 amide bonds. The maximum Gasteiger partial charge on any atom is 0.285 e. The van der Waals surface area contributed by atoms with Gasteiger partial charge in [-0.25, -0.2) is 0 Å². The molecular weight excluding hydrogens is 464 g/mol. The highest BCUT2D eigenvalue weighted by Crippen LogP contribution is 2.36. The lowest BCUT2D eigenvalue weighted by atomic mass is 10.1. The lowest BCUT2D eigenvalue weighted by Gasteiger charge is -2.16. The van der Waals surface area contributed by atoms with Crippen LogP contribution >= 0.6 is 39.9 Å². The van der Waals surface area contributed by atoms with E-state index in [0.29, 0.717) is 32.0 Å². The molecule has 1 saturated heterocycles. The standard InChI is InChI=1S/C19H15BrN2O4S2/c1-25-14-9-5-6-11(16(14)26-2)10-15-18(24)22(19(27)28-15)21-17(23)12-7-3-4-8-13(12)20/h3-10H,1-2H3,(H,21,23)/b15-10+. The zero-order chi connectivity index (χ0) is 20.3. The lowest BCUT2D eigenvalue weighted by molar-refractivity contribution is -0.123. The number of hydrazine groups is 1. The van der Waals surface area contributed by atoms with Crippen molar-refractivity contribution in [3.05, 3.63) is 63.0 Å². The molecule has 0 atom stereocenters. The second-order valence-electron chi connectivity index (χ2n) is 5.52. The molecule has 0 spiro atoms. The van der Waals surface area contributed by atoms with Crippen molar-refractivity contribution in [3.63, 3.8) is 0 Å².